The van der Waals surface area contributed by atoms with Gasteiger partial charge in [0.2, 0.25) is 5.95 Å². The van der Waals surface area contributed by atoms with Gasteiger partial charge in [0, 0.05) is 30.2 Å². The van der Waals surface area contributed by atoms with Crippen molar-refractivity contribution in [3.8, 4) is 0 Å². The second kappa shape index (κ2) is 9.13. The van der Waals surface area contributed by atoms with Gasteiger partial charge in [0.1, 0.15) is 5.82 Å². The Labute approximate surface area is 177 Å². The molecule has 1 atom stereocenters. The lowest BCUT2D eigenvalue weighted by Gasteiger charge is -2.34. The zero-order valence-electron chi connectivity index (χ0n) is 15.8. The van der Waals surface area contributed by atoms with Gasteiger partial charge in [-0.05, 0) is 56.1 Å². The van der Waals surface area contributed by atoms with Gasteiger partial charge in [0.05, 0.1) is 0 Å². The number of piperidine rings is 1. The largest absolute Gasteiger partial charge is 0.433 e. The fourth-order valence-corrected chi connectivity index (χ4v) is 3.44. The van der Waals surface area contributed by atoms with Crippen molar-refractivity contribution < 1.29 is 13.2 Å². The van der Waals surface area contributed by atoms with Crippen molar-refractivity contribution in [2.24, 2.45) is 0 Å². The van der Waals surface area contributed by atoms with E-state index in [0.29, 0.717) is 18.1 Å². The van der Waals surface area contributed by atoms with Crippen LogP contribution in [0.3, 0.4) is 0 Å². The maximum absolute atomic E-state index is 13.4. The van der Waals surface area contributed by atoms with Crippen molar-refractivity contribution >= 4 is 40.7 Å². The van der Waals surface area contributed by atoms with E-state index >= 15 is 0 Å². The number of anilines is 2. The average molecular weight is 444 g/mol. The average Bonchev–Trinajstić information content (AvgIpc) is 2.67. The Bertz CT molecular complexity index is 860. The molecule has 0 amide bonds. The fourth-order valence-electron chi connectivity index (χ4n) is 3.15. The number of nitrogens with zero attached hydrogens (tertiary/aromatic N) is 3. The smallest absolute Gasteiger partial charge is 0.358 e. The monoisotopic (exact) mass is 443 g/mol. The molecule has 3 rings (SSSR count). The summed E-state index contributed by atoms with van der Waals surface area (Å²) in [6, 6.07) is 8.26. The summed E-state index contributed by atoms with van der Waals surface area (Å²) in [5, 5.41) is 6.36. The van der Waals surface area contributed by atoms with Gasteiger partial charge >= 0.3 is 6.18 Å². The Balaban J connectivity index is 1.75. The van der Waals surface area contributed by atoms with Gasteiger partial charge in [-0.25, -0.2) is 4.98 Å². The zero-order valence-corrected chi connectivity index (χ0v) is 17.3. The summed E-state index contributed by atoms with van der Waals surface area (Å²) >= 11 is 11.0. The summed E-state index contributed by atoms with van der Waals surface area (Å²) in [5.41, 5.74) is -0.0744. The van der Waals surface area contributed by atoms with Crippen LogP contribution in [0.4, 0.5) is 24.9 Å². The number of hydrogen-bond acceptors (Lipinski definition) is 4. The molecular formula is C19H21ClF3N5S. The Morgan fingerprint density at radius 3 is 2.62 bits per heavy atom. The molecular weight excluding hydrogens is 423 g/mol. The minimum atomic E-state index is -4.58. The molecule has 5 nitrogen and oxygen atoms in total. The number of hydrogen-bond donors (Lipinski definition) is 2. The second-order valence-electron chi connectivity index (χ2n) is 6.91. The normalized spacial score (nSPS) is 17.1. The number of benzene rings is 1. The summed E-state index contributed by atoms with van der Waals surface area (Å²) in [6.45, 7) is 3.03. The first-order chi connectivity index (χ1) is 13.7. The van der Waals surface area contributed by atoms with Crippen molar-refractivity contribution in [2.45, 2.75) is 44.9 Å². The van der Waals surface area contributed by atoms with Gasteiger partial charge in [0.25, 0.3) is 0 Å². The highest BCUT2D eigenvalue weighted by atomic mass is 35.5. The van der Waals surface area contributed by atoms with E-state index in [4.69, 9.17) is 23.8 Å². The van der Waals surface area contributed by atoms with Crippen LogP contribution in [0.2, 0.25) is 5.02 Å². The summed E-state index contributed by atoms with van der Waals surface area (Å²) in [7, 11) is 0. The third-order valence-corrected chi connectivity index (χ3v) is 5.19. The van der Waals surface area contributed by atoms with Crippen LogP contribution in [0.25, 0.3) is 0 Å². The number of alkyl halides is 3. The minimum absolute atomic E-state index is 0.113. The molecule has 0 unspecified atom stereocenters. The lowest BCUT2D eigenvalue weighted by atomic mass is 10.0. The van der Waals surface area contributed by atoms with Gasteiger partial charge in [0.15, 0.2) is 10.8 Å². The molecule has 0 spiro atoms. The SMILES string of the molecule is C[C@H]1CCCCN1c1cc(C(F)(F)F)nc(NC(=S)NCc2ccc(Cl)cc2)n1. The van der Waals surface area contributed by atoms with E-state index < -0.39 is 11.9 Å². The van der Waals surface area contributed by atoms with Crippen molar-refractivity contribution in [3.05, 3.63) is 46.6 Å². The first-order valence-electron chi connectivity index (χ1n) is 9.24. The van der Waals surface area contributed by atoms with Crippen molar-refractivity contribution in [1.82, 2.24) is 15.3 Å². The third-order valence-electron chi connectivity index (χ3n) is 4.69. The highest BCUT2D eigenvalue weighted by Gasteiger charge is 2.35. The van der Waals surface area contributed by atoms with E-state index in [2.05, 4.69) is 20.6 Å². The van der Waals surface area contributed by atoms with Crippen LogP contribution >= 0.6 is 23.8 Å². The number of aromatic nitrogens is 2. The fraction of sp³-hybridized carbons (Fsp3) is 0.421. The third kappa shape index (κ3) is 5.93. The van der Waals surface area contributed by atoms with E-state index in [-0.39, 0.29) is 22.9 Å². The molecule has 1 saturated heterocycles. The summed E-state index contributed by atoms with van der Waals surface area (Å²) in [5.74, 6) is 0.0729. The van der Waals surface area contributed by atoms with E-state index in [9.17, 15) is 13.2 Å². The lowest BCUT2D eigenvalue weighted by molar-refractivity contribution is -0.141. The highest BCUT2D eigenvalue weighted by molar-refractivity contribution is 7.80. The van der Waals surface area contributed by atoms with Gasteiger partial charge in [-0.2, -0.15) is 18.2 Å². The second-order valence-corrected chi connectivity index (χ2v) is 7.75. The predicted octanol–water partition coefficient (Wildman–Crippen LogP) is 5.01. The summed E-state index contributed by atoms with van der Waals surface area (Å²) in [4.78, 5) is 9.78. The van der Waals surface area contributed by atoms with Crippen LogP contribution in [0, 0.1) is 0 Å². The molecule has 1 aliphatic heterocycles. The molecule has 2 aromatic rings. The van der Waals surface area contributed by atoms with Gasteiger partial charge in [-0.1, -0.05) is 23.7 Å². The molecule has 2 N–H and O–H groups in total. The molecule has 0 saturated carbocycles. The zero-order chi connectivity index (χ0) is 21.0. The van der Waals surface area contributed by atoms with Gasteiger partial charge in [-0.3, -0.25) is 0 Å². The number of halogens is 4. The first kappa shape index (κ1) is 21.6. The molecule has 0 bridgehead atoms. The lowest BCUT2D eigenvalue weighted by Crippen LogP contribution is -2.38. The Kier molecular flexibility index (Phi) is 6.79. The van der Waals surface area contributed by atoms with E-state index in [0.717, 1.165) is 30.9 Å². The molecule has 2 heterocycles. The molecule has 1 fully saturated rings. The van der Waals surface area contributed by atoms with Crippen LogP contribution in [-0.4, -0.2) is 27.7 Å². The molecule has 29 heavy (non-hydrogen) atoms. The molecule has 1 aliphatic rings. The number of thiocarbonyl (C=S) groups is 1. The van der Waals surface area contributed by atoms with E-state index in [1.807, 2.05) is 24.0 Å². The summed E-state index contributed by atoms with van der Waals surface area (Å²) < 4.78 is 40.1. The maximum Gasteiger partial charge on any atom is 0.433 e. The minimum Gasteiger partial charge on any atom is -0.358 e. The molecule has 10 heteroatoms. The Hall–Kier alpha value is -2.13. The maximum atomic E-state index is 13.4. The van der Waals surface area contributed by atoms with Gasteiger partial charge in [-0.15, -0.1) is 0 Å². The van der Waals surface area contributed by atoms with Crippen LogP contribution in [0.1, 0.15) is 37.4 Å². The standard InChI is InChI=1S/C19H21ClF3N5S/c1-12-4-2-3-9-28(12)16-10-15(19(21,22)23)25-17(26-16)27-18(29)24-11-13-5-7-14(20)8-6-13/h5-8,10,12H,2-4,9,11H2,1H3,(H2,24,25,26,27,29)/t12-/m0/s1. The molecule has 1 aromatic carbocycles. The molecule has 0 radical (unpaired) electrons. The van der Waals surface area contributed by atoms with Crippen LogP contribution in [-0.2, 0) is 12.7 Å². The van der Waals surface area contributed by atoms with Crippen molar-refractivity contribution in [2.75, 3.05) is 16.8 Å². The summed E-state index contributed by atoms with van der Waals surface area (Å²) in [6.07, 6.45) is -1.70. The van der Waals surface area contributed by atoms with Crippen LogP contribution in [0.15, 0.2) is 30.3 Å². The highest BCUT2D eigenvalue weighted by Crippen LogP contribution is 2.32. The Morgan fingerprint density at radius 2 is 1.97 bits per heavy atom. The number of rotatable bonds is 4. The molecule has 1 aromatic heterocycles. The van der Waals surface area contributed by atoms with Gasteiger partial charge < -0.3 is 15.5 Å². The van der Waals surface area contributed by atoms with Crippen molar-refractivity contribution in [1.29, 1.82) is 0 Å². The van der Waals surface area contributed by atoms with E-state index in [1.165, 1.54) is 0 Å². The molecule has 156 valence electrons. The first-order valence-corrected chi connectivity index (χ1v) is 10.0. The topological polar surface area (TPSA) is 53.1 Å². The van der Waals surface area contributed by atoms with Crippen LogP contribution in [0.5, 0.6) is 0 Å². The molecule has 0 aliphatic carbocycles. The predicted molar refractivity (Wildman–Crippen MR) is 112 cm³/mol. The van der Waals surface area contributed by atoms with Crippen molar-refractivity contribution in [3.63, 3.8) is 0 Å². The number of nitrogens with one attached hydrogen (secondary N) is 2. The van der Waals surface area contributed by atoms with Crippen LogP contribution < -0.4 is 15.5 Å². The Morgan fingerprint density at radius 1 is 1.24 bits per heavy atom. The quantitative estimate of drug-likeness (QED) is 0.647. The van der Waals surface area contributed by atoms with E-state index in [1.54, 1.807) is 12.1 Å².